The third-order valence-corrected chi connectivity index (χ3v) is 5.67. The molecule has 2 rings (SSSR count). The predicted molar refractivity (Wildman–Crippen MR) is 105 cm³/mol. The molecule has 2 aromatic carbocycles. The molecule has 0 saturated carbocycles. The number of methoxy groups -OCH3 is 1. The van der Waals surface area contributed by atoms with E-state index in [-0.39, 0.29) is 10.8 Å². The van der Waals surface area contributed by atoms with Crippen LogP contribution in [0, 0.1) is 0 Å². The van der Waals surface area contributed by atoms with Crippen LogP contribution in [0.15, 0.2) is 53.4 Å². The van der Waals surface area contributed by atoms with Gasteiger partial charge in [0, 0.05) is 19.5 Å². The van der Waals surface area contributed by atoms with E-state index in [0.717, 1.165) is 16.9 Å². The lowest BCUT2D eigenvalue weighted by Crippen LogP contribution is -2.26. The van der Waals surface area contributed by atoms with Gasteiger partial charge >= 0.3 is 0 Å². The van der Waals surface area contributed by atoms with E-state index < -0.39 is 10.0 Å². The van der Waals surface area contributed by atoms with E-state index >= 15 is 0 Å². The summed E-state index contributed by atoms with van der Waals surface area (Å²) in [7, 11) is -1.80. The number of carbonyl (C=O) groups is 1. The molecule has 6 nitrogen and oxygen atoms in total. The van der Waals surface area contributed by atoms with E-state index in [1.165, 1.54) is 0 Å². The van der Waals surface area contributed by atoms with Crippen LogP contribution in [-0.4, -0.2) is 34.5 Å². The Hall–Kier alpha value is -2.38. The number of carbonyl (C=O) groups excluding carboxylic acids is 1. The average molecular weight is 391 g/mol. The van der Waals surface area contributed by atoms with Crippen LogP contribution < -0.4 is 14.8 Å². The van der Waals surface area contributed by atoms with E-state index in [9.17, 15) is 13.2 Å². The third kappa shape index (κ3) is 6.69. The molecule has 2 aromatic rings. The van der Waals surface area contributed by atoms with Crippen LogP contribution in [0.5, 0.6) is 5.75 Å². The number of benzene rings is 2. The first-order chi connectivity index (χ1) is 12.9. The smallest absolute Gasteiger partial charge is 0.240 e. The van der Waals surface area contributed by atoms with Crippen molar-refractivity contribution in [1.82, 2.24) is 10.0 Å². The van der Waals surface area contributed by atoms with E-state index in [2.05, 4.69) is 10.0 Å². The van der Waals surface area contributed by atoms with Crippen LogP contribution in [0.4, 0.5) is 0 Å². The Balaban J connectivity index is 1.74. The maximum absolute atomic E-state index is 12.0. The van der Waals surface area contributed by atoms with Crippen molar-refractivity contribution in [2.24, 2.45) is 0 Å². The van der Waals surface area contributed by atoms with Gasteiger partial charge in [0.25, 0.3) is 0 Å². The molecule has 2 N–H and O–H groups in total. The molecule has 27 heavy (non-hydrogen) atoms. The minimum absolute atomic E-state index is 0.00263. The van der Waals surface area contributed by atoms with Crippen LogP contribution >= 0.6 is 0 Å². The number of hydrogen-bond donors (Lipinski definition) is 2. The van der Waals surface area contributed by atoms with Crippen LogP contribution in [0.2, 0.25) is 0 Å². The van der Waals surface area contributed by atoms with Gasteiger partial charge in [-0.15, -0.1) is 0 Å². The molecule has 0 spiro atoms. The number of hydrogen-bond acceptors (Lipinski definition) is 4. The van der Waals surface area contributed by atoms with Crippen LogP contribution in [0.25, 0.3) is 0 Å². The second-order valence-electron chi connectivity index (χ2n) is 6.09. The molecule has 0 fully saturated rings. The summed E-state index contributed by atoms with van der Waals surface area (Å²) in [5, 5.41) is 2.89. The Labute approximate surface area is 161 Å². The summed E-state index contributed by atoms with van der Waals surface area (Å²) in [6.07, 6.45) is 1.74. The predicted octanol–water partition coefficient (Wildman–Crippen LogP) is 2.28. The van der Waals surface area contributed by atoms with Crippen molar-refractivity contribution < 1.29 is 17.9 Å². The zero-order valence-corrected chi connectivity index (χ0v) is 16.5. The molecule has 0 heterocycles. The molecular weight excluding hydrogens is 364 g/mol. The molecule has 0 aliphatic carbocycles. The van der Waals surface area contributed by atoms with Crippen LogP contribution in [0.1, 0.15) is 24.5 Å². The van der Waals surface area contributed by atoms with Crippen LogP contribution in [-0.2, 0) is 27.7 Å². The molecule has 0 saturated heterocycles. The first-order valence-corrected chi connectivity index (χ1v) is 10.4. The lowest BCUT2D eigenvalue weighted by Gasteiger charge is -2.08. The normalized spacial score (nSPS) is 11.2. The number of nitrogens with one attached hydrogen (secondary N) is 2. The number of aryl methyl sites for hydroxylation is 1. The maximum atomic E-state index is 12.0. The van der Waals surface area contributed by atoms with Crippen molar-refractivity contribution in [3.05, 3.63) is 59.7 Å². The van der Waals surface area contributed by atoms with E-state index in [4.69, 9.17) is 4.74 Å². The van der Waals surface area contributed by atoms with Gasteiger partial charge in [0.2, 0.25) is 15.9 Å². The zero-order chi connectivity index (χ0) is 19.7. The first kappa shape index (κ1) is 20.9. The fourth-order valence-corrected chi connectivity index (χ4v) is 3.63. The number of ether oxygens (including phenoxy) is 1. The van der Waals surface area contributed by atoms with Crippen molar-refractivity contribution >= 4 is 15.9 Å². The number of amides is 1. The molecule has 1 amide bonds. The van der Waals surface area contributed by atoms with Crippen LogP contribution in [0.3, 0.4) is 0 Å². The fraction of sp³-hybridized carbons (Fsp3) is 0.350. The second kappa shape index (κ2) is 10.1. The Kier molecular flexibility index (Phi) is 7.82. The number of rotatable bonds is 10. The van der Waals surface area contributed by atoms with Gasteiger partial charge in [-0.05, 0) is 48.2 Å². The molecule has 146 valence electrons. The summed E-state index contributed by atoms with van der Waals surface area (Å²) in [5.74, 6) is 0.796. The molecule has 0 unspecified atom stereocenters. The highest BCUT2D eigenvalue weighted by Crippen LogP contribution is 2.13. The topological polar surface area (TPSA) is 84.5 Å². The monoisotopic (exact) mass is 390 g/mol. The highest BCUT2D eigenvalue weighted by Gasteiger charge is 2.11. The average Bonchev–Trinajstić information content (AvgIpc) is 2.67. The molecule has 0 aliphatic rings. The summed E-state index contributed by atoms with van der Waals surface area (Å²) in [5.41, 5.74) is 2.06. The highest BCUT2D eigenvalue weighted by molar-refractivity contribution is 7.89. The highest BCUT2D eigenvalue weighted by atomic mass is 32.2. The van der Waals surface area contributed by atoms with Crippen molar-refractivity contribution in [1.29, 1.82) is 0 Å². The van der Waals surface area contributed by atoms with Gasteiger partial charge < -0.3 is 10.1 Å². The lowest BCUT2D eigenvalue weighted by molar-refractivity contribution is -0.121. The minimum Gasteiger partial charge on any atom is -0.497 e. The fourth-order valence-electron chi connectivity index (χ4n) is 2.59. The first-order valence-electron chi connectivity index (χ1n) is 8.93. The number of sulfonamides is 1. The lowest BCUT2D eigenvalue weighted by atomic mass is 10.1. The zero-order valence-electron chi connectivity index (χ0n) is 15.7. The molecule has 7 heteroatoms. The van der Waals surface area contributed by atoms with Gasteiger partial charge in [0.05, 0.1) is 12.0 Å². The second-order valence-corrected chi connectivity index (χ2v) is 7.86. The maximum Gasteiger partial charge on any atom is 0.240 e. The molecular formula is C20H26N2O4S. The molecule has 0 bridgehead atoms. The van der Waals surface area contributed by atoms with Gasteiger partial charge in [-0.2, -0.15) is 0 Å². The van der Waals surface area contributed by atoms with E-state index in [1.54, 1.807) is 38.3 Å². The van der Waals surface area contributed by atoms with Gasteiger partial charge in [-0.25, -0.2) is 13.1 Å². The summed E-state index contributed by atoms with van der Waals surface area (Å²) >= 11 is 0. The summed E-state index contributed by atoms with van der Waals surface area (Å²) < 4.78 is 31.4. The summed E-state index contributed by atoms with van der Waals surface area (Å²) in [6.45, 7) is 2.61. The quantitative estimate of drug-likeness (QED) is 0.652. The Bertz CT molecular complexity index is 831. The molecule has 0 aliphatic heterocycles. The Morgan fingerprint density at radius 1 is 0.963 bits per heavy atom. The van der Waals surface area contributed by atoms with Gasteiger partial charge in [0.15, 0.2) is 0 Å². The molecule has 0 radical (unpaired) electrons. The Morgan fingerprint density at radius 2 is 1.56 bits per heavy atom. The van der Waals surface area contributed by atoms with Crippen molar-refractivity contribution in [2.75, 3.05) is 20.2 Å². The molecule has 0 aromatic heterocycles. The van der Waals surface area contributed by atoms with Crippen molar-refractivity contribution in [3.8, 4) is 5.75 Å². The standard InChI is InChI=1S/C20H26N2O4S/c1-3-22-27(24,25)19-11-6-17(7-12-19)14-15-21-20(23)13-8-16-4-9-18(26-2)10-5-16/h4-7,9-12,22H,3,8,13-15H2,1-2H3,(H,21,23). The van der Waals surface area contributed by atoms with Crippen molar-refractivity contribution in [3.63, 3.8) is 0 Å². The van der Waals surface area contributed by atoms with Gasteiger partial charge in [0.1, 0.15) is 5.75 Å². The largest absolute Gasteiger partial charge is 0.497 e. The minimum atomic E-state index is -3.43. The van der Waals surface area contributed by atoms with Crippen molar-refractivity contribution in [2.45, 2.75) is 31.1 Å². The van der Waals surface area contributed by atoms with E-state index in [0.29, 0.717) is 32.4 Å². The Morgan fingerprint density at radius 3 is 2.15 bits per heavy atom. The summed E-state index contributed by atoms with van der Waals surface area (Å²) in [6, 6.07) is 14.4. The SMILES string of the molecule is CCNS(=O)(=O)c1ccc(CCNC(=O)CCc2ccc(OC)cc2)cc1. The van der Waals surface area contributed by atoms with E-state index in [1.807, 2.05) is 24.3 Å². The third-order valence-electron chi connectivity index (χ3n) is 4.10. The van der Waals surface area contributed by atoms with Gasteiger partial charge in [-0.3, -0.25) is 4.79 Å². The summed E-state index contributed by atoms with van der Waals surface area (Å²) in [4.78, 5) is 12.2. The van der Waals surface area contributed by atoms with Gasteiger partial charge in [-0.1, -0.05) is 31.2 Å². The molecule has 0 atom stereocenters.